The molecular formula is C29H30OS4Si2. The van der Waals surface area contributed by atoms with E-state index >= 15 is 0 Å². The first-order chi connectivity index (χ1) is 16.9. The Hall–Kier alpha value is -1.46. The van der Waals surface area contributed by atoms with Gasteiger partial charge in [0.1, 0.15) is 16.1 Å². The molecule has 0 bridgehead atoms. The number of rotatable bonds is 2. The first-order valence-electron chi connectivity index (χ1n) is 11.7. The Labute approximate surface area is 235 Å². The third kappa shape index (κ3) is 6.15. The molecule has 4 rings (SSSR count). The summed E-state index contributed by atoms with van der Waals surface area (Å²) in [4.78, 5) is 13.8. The minimum Gasteiger partial charge on any atom is -0.289 e. The highest BCUT2D eigenvalue weighted by molar-refractivity contribution is 8.40. The molecule has 0 amide bonds. The Morgan fingerprint density at radius 1 is 0.667 bits per heavy atom. The highest BCUT2D eigenvalue weighted by Gasteiger charge is 2.33. The van der Waals surface area contributed by atoms with Crippen molar-refractivity contribution in [3.8, 4) is 22.9 Å². The standard InChI is InChI=1S/C29H30OS4Si2/c1-31-28-29(32-2)34-27(33-28)25-21-11-9-20(14-16-36(6,7)8)18-24(21)26(30)22-12-10-19(17-23(22)25)13-15-35(3,4)5/h9-12,17-18H,1-8H3. The number of carbonyl (C=O) groups is 1. The molecule has 184 valence electrons. The van der Waals surface area contributed by atoms with Gasteiger partial charge in [0, 0.05) is 27.8 Å². The largest absolute Gasteiger partial charge is 0.289 e. The van der Waals surface area contributed by atoms with Crippen LogP contribution in [0.1, 0.15) is 38.2 Å². The molecule has 7 heteroatoms. The van der Waals surface area contributed by atoms with Crippen LogP contribution in [-0.4, -0.2) is 34.4 Å². The fourth-order valence-corrected chi connectivity index (χ4v) is 9.88. The lowest BCUT2D eigenvalue weighted by Crippen LogP contribution is -2.17. The summed E-state index contributed by atoms with van der Waals surface area (Å²) in [6.45, 7) is 13.5. The van der Waals surface area contributed by atoms with Gasteiger partial charge >= 0.3 is 0 Å². The third-order valence-electron chi connectivity index (χ3n) is 5.34. The summed E-state index contributed by atoms with van der Waals surface area (Å²) >= 11 is 7.22. The fraction of sp³-hybridized carbons (Fsp3) is 0.276. The second-order valence-electron chi connectivity index (χ2n) is 10.7. The van der Waals surface area contributed by atoms with E-state index in [-0.39, 0.29) is 5.78 Å². The predicted molar refractivity (Wildman–Crippen MR) is 172 cm³/mol. The van der Waals surface area contributed by atoms with Crippen LogP contribution in [0, 0.1) is 22.9 Å². The Morgan fingerprint density at radius 3 is 1.61 bits per heavy atom. The van der Waals surface area contributed by atoms with Crippen molar-refractivity contribution in [2.45, 2.75) is 39.3 Å². The molecular weight excluding hydrogens is 549 g/mol. The molecule has 0 atom stereocenters. The first kappa shape index (κ1) is 27.6. The molecule has 0 spiro atoms. The number of hydrogen-bond acceptors (Lipinski definition) is 5. The van der Waals surface area contributed by atoms with Crippen LogP contribution in [0.3, 0.4) is 0 Å². The van der Waals surface area contributed by atoms with E-state index in [0.29, 0.717) is 0 Å². The van der Waals surface area contributed by atoms with Crippen LogP contribution in [0.15, 0.2) is 49.1 Å². The molecule has 0 N–H and O–H groups in total. The van der Waals surface area contributed by atoms with Crippen molar-refractivity contribution in [1.29, 1.82) is 0 Å². The molecule has 0 saturated carbocycles. The number of benzene rings is 2. The molecule has 0 fully saturated rings. The fourth-order valence-electron chi connectivity index (χ4n) is 3.71. The topological polar surface area (TPSA) is 17.1 Å². The van der Waals surface area contributed by atoms with Gasteiger partial charge in [-0.25, -0.2) is 0 Å². The van der Waals surface area contributed by atoms with Crippen LogP contribution in [0.5, 0.6) is 0 Å². The molecule has 1 aliphatic heterocycles. The zero-order chi connectivity index (χ0) is 26.3. The van der Waals surface area contributed by atoms with Crippen molar-refractivity contribution in [2.24, 2.45) is 0 Å². The van der Waals surface area contributed by atoms with E-state index in [4.69, 9.17) is 0 Å². The molecule has 0 saturated heterocycles. The average molecular weight is 579 g/mol. The van der Waals surface area contributed by atoms with Crippen molar-refractivity contribution >= 4 is 74.6 Å². The monoisotopic (exact) mass is 578 g/mol. The molecule has 0 radical (unpaired) electrons. The minimum atomic E-state index is -1.52. The Morgan fingerprint density at radius 2 is 1.14 bits per heavy atom. The van der Waals surface area contributed by atoms with Crippen LogP contribution in [0.2, 0.25) is 39.3 Å². The van der Waals surface area contributed by atoms with E-state index in [2.05, 4.69) is 92.9 Å². The van der Waals surface area contributed by atoms with Gasteiger partial charge in [-0.2, -0.15) is 0 Å². The highest BCUT2D eigenvalue weighted by Crippen LogP contribution is 2.60. The van der Waals surface area contributed by atoms with Crippen molar-refractivity contribution in [3.05, 3.63) is 82.5 Å². The van der Waals surface area contributed by atoms with Crippen LogP contribution in [0.4, 0.5) is 0 Å². The molecule has 0 aromatic heterocycles. The van der Waals surface area contributed by atoms with Crippen molar-refractivity contribution in [3.63, 3.8) is 0 Å². The van der Waals surface area contributed by atoms with Gasteiger partial charge in [0.05, 0.1) is 12.7 Å². The van der Waals surface area contributed by atoms with Gasteiger partial charge in [-0.05, 0) is 54.0 Å². The lowest BCUT2D eigenvalue weighted by Gasteiger charge is -2.24. The normalized spacial score (nSPS) is 15.2. The maximum Gasteiger partial charge on any atom is 0.194 e. The van der Waals surface area contributed by atoms with E-state index in [1.807, 2.05) is 41.7 Å². The number of hydrogen-bond donors (Lipinski definition) is 0. The van der Waals surface area contributed by atoms with Gasteiger partial charge in [0.2, 0.25) is 0 Å². The molecule has 1 heterocycles. The maximum absolute atomic E-state index is 13.8. The van der Waals surface area contributed by atoms with Crippen LogP contribution in [-0.2, 0) is 0 Å². The second kappa shape index (κ2) is 10.7. The summed E-state index contributed by atoms with van der Waals surface area (Å²) < 4.78 is 3.87. The molecule has 1 aliphatic carbocycles. The minimum absolute atomic E-state index is 0.0712. The summed E-state index contributed by atoms with van der Waals surface area (Å²) in [7, 11) is -3.03. The molecule has 0 unspecified atom stereocenters. The Balaban J connectivity index is 1.93. The second-order valence-corrected chi connectivity index (χ2v) is 24.6. The van der Waals surface area contributed by atoms with Crippen LogP contribution >= 0.6 is 47.0 Å². The van der Waals surface area contributed by atoms with E-state index in [1.54, 1.807) is 23.5 Å². The van der Waals surface area contributed by atoms with Crippen molar-refractivity contribution < 1.29 is 4.79 Å². The molecule has 1 nitrogen and oxygen atoms in total. The maximum atomic E-state index is 13.8. The summed E-state index contributed by atoms with van der Waals surface area (Å²) in [5.74, 6) is 6.81. The van der Waals surface area contributed by atoms with E-state index in [0.717, 1.165) is 39.0 Å². The molecule has 36 heavy (non-hydrogen) atoms. The smallest absolute Gasteiger partial charge is 0.194 e. The van der Waals surface area contributed by atoms with Crippen LogP contribution < -0.4 is 0 Å². The summed E-state index contributed by atoms with van der Waals surface area (Å²) in [5.41, 5.74) is 13.4. The van der Waals surface area contributed by atoms with E-state index in [9.17, 15) is 4.79 Å². The first-order valence-corrected chi connectivity index (χ1v) is 22.8. The summed E-state index contributed by atoms with van der Waals surface area (Å²) in [5, 5.41) is 0. The molecule has 2 aliphatic rings. The van der Waals surface area contributed by atoms with Gasteiger partial charge in [-0.1, -0.05) is 80.7 Å². The third-order valence-corrected chi connectivity index (χ3v) is 12.3. The lowest BCUT2D eigenvalue weighted by molar-refractivity contribution is 0.103. The van der Waals surface area contributed by atoms with Gasteiger partial charge in [0.15, 0.2) is 5.78 Å². The van der Waals surface area contributed by atoms with E-state index in [1.165, 1.54) is 12.7 Å². The quantitative estimate of drug-likeness (QED) is 0.223. The molecule has 2 aromatic carbocycles. The van der Waals surface area contributed by atoms with Gasteiger partial charge < -0.3 is 0 Å². The van der Waals surface area contributed by atoms with E-state index < -0.39 is 16.1 Å². The number of carbonyl (C=O) groups excluding carboxylic acids is 1. The SMILES string of the molecule is CSC1=C(SC)SC(=C2c3ccc(C#C[Si](C)(C)C)cc3C(=O)c3ccc(C#C[Si](C)(C)C)cc32)S1. The molecule has 2 aromatic rings. The summed E-state index contributed by atoms with van der Waals surface area (Å²) in [6, 6.07) is 12.3. The zero-order valence-electron chi connectivity index (χ0n) is 22.0. The van der Waals surface area contributed by atoms with Gasteiger partial charge in [-0.3, -0.25) is 4.79 Å². The Kier molecular flexibility index (Phi) is 8.22. The average Bonchev–Trinajstić information content (AvgIpc) is 3.24. The van der Waals surface area contributed by atoms with Crippen molar-refractivity contribution in [1.82, 2.24) is 0 Å². The lowest BCUT2D eigenvalue weighted by atomic mass is 9.80. The van der Waals surface area contributed by atoms with Gasteiger partial charge in [-0.15, -0.1) is 34.6 Å². The Bertz CT molecular complexity index is 1430. The predicted octanol–water partition coefficient (Wildman–Crippen LogP) is 8.74. The number of thioether (sulfide) groups is 4. The summed E-state index contributed by atoms with van der Waals surface area (Å²) in [6.07, 6.45) is 4.26. The number of ketones is 1. The highest BCUT2D eigenvalue weighted by atomic mass is 32.3. The number of fused-ring (bicyclic) bond motifs is 2. The van der Waals surface area contributed by atoms with Crippen molar-refractivity contribution in [2.75, 3.05) is 12.5 Å². The zero-order valence-corrected chi connectivity index (χ0v) is 27.3. The van der Waals surface area contributed by atoms with Gasteiger partial charge in [0.25, 0.3) is 0 Å². The van der Waals surface area contributed by atoms with Crippen LogP contribution in [0.25, 0.3) is 5.57 Å².